The molecule has 2 aromatic carbocycles. The van der Waals surface area contributed by atoms with Gasteiger partial charge in [-0.3, -0.25) is 4.79 Å². The van der Waals surface area contributed by atoms with Crippen LogP contribution in [0.2, 0.25) is 0 Å². The first kappa shape index (κ1) is 17.8. The zero-order chi connectivity index (χ0) is 15.5. The number of aryl methyl sites for hydroxylation is 2. The van der Waals surface area contributed by atoms with Gasteiger partial charge in [-0.25, -0.2) is 4.39 Å². The average molecular weight is 276 g/mol. The Labute approximate surface area is 119 Å². The summed E-state index contributed by atoms with van der Waals surface area (Å²) in [6.07, 6.45) is 0.516. The van der Waals surface area contributed by atoms with Crippen molar-refractivity contribution in [2.24, 2.45) is 0 Å². The number of phenols is 1. The van der Waals surface area contributed by atoms with E-state index in [9.17, 15) is 9.18 Å². The number of rotatable bonds is 1. The van der Waals surface area contributed by atoms with Crippen LogP contribution in [0.5, 0.6) is 5.75 Å². The summed E-state index contributed by atoms with van der Waals surface area (Å²) in [5.74, 6) is -0.0810. The topological polar surface area (TPSA) is 37.3 Å². The van der Waals surface area contributed by atoms with Crippen molar-refractivity contribution in [3.63, 3.8) is 0 Å². The molecule has 20 heavy (non-hydrogen) atoms. The van der Waals surface area contributed by atoms with Gasteiger partial charge in [-0.05, 0) is 43.2 Å². The number of benzene rings is 2. The van der Waals surface area contributed by atoms with Gasteiger partial charge in [0, 0.05) is 0 Å². The highest BCUT2D eigenvalue weighted by Crippen LogP contribution is 2.09. The molecule has 2 rings (SSSR count). The fraction of sp³-hybridized carbons (Fsp3) is 0.235. The fourth-order valence-corrected chi connectivity index (χ4v) is 1.39. The van der Waals surface area contributed by atoms with Crippen molar-refractivity contribution in [1.82, 2.24) is 0 Å². The molecule has 0 amide bonds. The molecule has 0 aliphatic rings. The number of aromatic hydroxyl groups is 1. The third-order valence-electron chi connectivity index (χ3n) is 2.35. The van der Waals surface area contributed by atoms with Gasteiger partial charge in [0.2, 0.25) is 0 Å². The number of aldehydes is 1. The lowest BCUT2D eigenvalue weighted by Gasteiger charge is -1.95. The van der Waals surface area contributed by atoms with E-state index in [-0.39, 0.29) is 5.56 Å². The molecular formula is C17H21FO2. The van der Waals surface area contributed by atoms with Crippen LogP contribution in [0, 0.1) is 19.7 Å². The lowest BCUT2D eigenvalue weighted by Crippen LogP contribution is -1.89. The van der Waals surface area contributed by atoms with Crippen LogP contribution in [0.25, 0.3) is 0 Å². The van der Waals surface area contributed by atoms with Crippen LogP contribution in [0.15, 0.2) is 42.5 Å². The lowest BCUT2D eigenvalue weighted by molar-refractivity contribution is 0.111. The van der Waals surface area contributed by atoms with Gasteiger partial charge in [-0.15, -0.1) is 0 Å². The minimum Gasteiger partial charge on any atom is -0.508 e. The molecule has 0 saturated carbocycles. The van der Waals surface area contributed by atoms with Crippen LogP contribution in [0.3, 0.4) is 0 Å². The second-order valence-corrected chi connectivity index (χ2v) is 3.93. The molecule has 0 aromatic heterocycles. The van der Waals surface area contributed by atoms with Crippen molar-refractivity contribution >= 4 is 6.29 Å². The zero-order valence-corrected chi connectivity index (χ0v) is 12.4. The summed E-state index contributed by atoms with van der Waals surface area (Å²) in [6, 6.07) is 11.9. The van der Waals surface area contributed by atoms with Gasteiger partial charge >= 0.3 is 0 Å². The Hall–Kier alpha value is -2.16. The van der Waals surface area contributed by atoms with Gasteiger partial charge in [-0.1, -0.05) is 38.1 Å². The molecule has 0 radical (unpaired) electrons. The average Bonchev–Trinajstić information content (AvgIpc) is 2.44. The van der Waals surface area contributed by atoms with E-state index in [1.807, 2.05) is 32.9 Å². The van der Waals surface area contributed by atoms with Gasteiger partial charge in [0.15, 0.2) is 6.29 Å². The Morgan fingerprint density at radius 1 is 1.05 bits per heavy atom. The van der Waals surface area contributed by atoms with E-state index in [0.717, 1.165) is 5.56 Å². The molecule has 0 aliphatic heterocycles. The Kier molecular flexibility index (Phi) is 8.68. The summed E-state index contributed by atoms with van der Waals surface area (Å²) in [5.41, 5.74) is 1.72. The molecular weight excluding hydrogens is 255 g/mol. The Bertz CT molecular complexity index is 519. The minimum absolute atomic E-state index is 0.125. The van der Waals surface area contributed by atoms with Crippen LogP contribution in [0.4, 0.5) is 4.39 Å². The Morgan fingerprint density at radius 3 is 2.05 bits per heavy atom. The quantitative estimate of drug-likeness (QED) is 0.768. The molecule has 0 heterocycles. The largest absolute Gasteiger partial charge is 0.508 e. The molecule has 108 valence electrons. The first-order chi connectivity index (χ1) is 9.54. The number of phenolic OH excluding ortho intramolecular Hbond substituents is 1. The monoisotopic (exact) mass is 276 g/mol. The summed E-state index contributed by atoms with van der Waals surface area (Å²) in [7, 11) is 0. The maximum Gasteiger partial charge on any atom is 0.153 e. The molecule has 0 spiro atoms. The number of carbonyl (C=O) groups is 1. The second kappa shape index (κ2) is 9.73. The molecule has 3 heteroatoms. The lowest BCUT2D eigenvalue weighted by atomic mass is 10.1. The third kappa shape index (κ3) is 6.14. The van der Waals surface area contributed by atoms with Gasteiger partial charge in [0.1, 0.15) is 11.6 Å². The molecule has 2 nitrogen and oxygen atoms in total. The molecule has 0 unspecified atom stereocenters. The van der Waals surface area contributed by atoms with E-state index in [4.69, 9.17) is 5.11 Å². The van der Waals surface area contributed by atoms with Crippen LogP contribution in [-0.2, 0) is 0 Å². The standard InChI is InChI=1S/C8H7FO.C7H8O.C2H6/c1-6-3-2-4-7(5-10)8(6)9;1-6-3-2-4-7(8)5-6;1-2/h2-5H,1H3;2-5,8H,1H3;1-2H3. The first-order valence-electron chi connectivity index (χ1n) is 6.50. The van der Waals surface area contributed by atoms with Gasteiger partial charge in [-0.2, -0.15) is 0 Å². The van der Waals surface area contributed by atoms with Crippen molar-refractivity contribution in [1.29, 1.82) is 0 Å². The van der Waals surface area contributed by atoms with Gasteiger partial charge in [0.05, 0.1) is 5.56 Å². The maximum absolute atomic E-state index is 12.8. The van der Waals surface area contributed by atoms with Crippen LogP contribution in [-0.4, -0.2) is 11.4 Å². The van der Waals surface area contributed by atoms with E-state index >= 15 is 0 Å². The summed E-state index contributed by atoms with van der Waals surface area (Å²) in [5, 5.41) is 8.81. The van der Waals surface area contributed by atoms with E-state index < -0.39 is 5.82 Å². The molecule has 2 aromatic rings. The number of halogens is 1. The van der Waals surface area contributed by atoms with E-state index in [0.29, 0.717) is 17.6 Å². The van der Waals surface area contributed by atoms with E-state index in [2.05, 4.69) is 0 Å². The van der Waals surface area contributed by atoms with Crippen LogP contribution in [0.1, 0.15) is 35.3 Å². The van der Waals surface area contributed by atoms with Gasteiger partial charge < -0.3 is 5.11 Å². The summed E-state index contributed by atoms with van der Waals surface area (Å²) >= 11 is 0. The first-order valence-corrected chi connectivity index (χ1v) is 6.50. The smallest absolute Gasteiger partial charge is 0.153 e. The fourth-order valence-electron chi connectivity index (χ4n) is 1.39. The predicted octanol–water partition coefficient (Wildman–Crippen LogP) is 4.67. The maximum atomic E-state index is 12.8. The number of carbonyl (C=O) groups excluding carboxylic acids is 1. The predicted molar refractivity (Wildman–Crippen MR) is 80.7 cm³/mol. The summed E-state index contributed by atoms with van der Waals surface area (Å²) < 4.78 is 12.8. The van der Waals surface area contributed by atoms with Crippen molar-refractivity contribution in [2.75, 3.05) is 0 Å². The van der Waals surface area contributed by atoms with Crippen molar-refractivity contribution in [3.8, 4) is 5.75 Å². The van der Waals surface area contributed by atoms with Gasteiger partial charge in [0.25, 0.3) is 0 Å². The highest BCUT2D eigenvalue weighted by atomic mass is 19.1. The molecule has 0 atom stereocenters. The Morgan fingerprint density at radius 2 is 1.65 bits per heavy atom. The molecule has 0 fully saturated rings. The molecule has 0 saturated heterocycles. The highest BCUT2D eigenvalue weighted by Gasteiger charge is 2.00. The highest BCUT2D eigenvalue weighted by molar-refractivity contribution is 5.75. The molecule has 0 bridgehead atoms. The van der Waals surface area contributed by atoms with Crippen molar-refractivity contribution < 1.29 is 14.3 Å². The van der Waals surface area contributed by atoms with E-state index in [1.54, 1.807) is 31.2 Å². The molecule has 0 aliphatic carbocycles. The van der Waals surface area contributed by atoms with Crippen molar-refractivity contribution in [2.45, 2.75) is 27.7 Å². The van der Waals surface area contributed by atoms with Crippen molar-refractivity contribution in [3.05, 3.63) is 65.0 Å². The van der Waals surface area contributed by atoms with Crippen LogP contribution >= 0.6 is 0 Å². The van der Waals surface area contributed by atoms with Crippen LogP contribution < -0.4 is 0 Å². The number of hydrogen-bond acceptors (Lipinski definition) is 2. The Balaban J connectivity index is 0.000000327. The minimum atomic E-state index is -0.419. The number of hydrogen-bond donors (Lipinski definition) is 1. The second-order valence-electron chi connectivity index (χ2n) is 3.93. The third-order valence-corrected chi connectivity index (χ3v) is 2.35. The zero-order valence-electron chi connectivity index (χ0n) is 12.4. The molecule has 1 N–H and O–H groups in total. The summed E-state index contributed by atoms with van der Waals surface area (Å²) in [4.78, 5) is 10.1. The van der Waals surface area contributed by atoms with E-state index in [1.165, 1.54) is 6.07 Å². The SMILES string of the molecule is CC.Cc1cccc(C=O)c1F.Cc1cccc(O)c1. The summed E-state index contributed by atoms with van der Waals surface area (Å²) in [6.45, 7) is 7.57. The normalized spacial score (nSPS) is 8.65.